The number of nitrogens with zero attached hydrogens (tertiary/aromatic N) is 3. The molecule has 0 aliphatic heterocycles. The van der Waals surface area contributed by atoms with Gasteiger partial charge in [-0.25, -0.2) is 9.97 Å². The van der Waals surface area contributed by atoms with E-state index in [2.05, 4.69) is 37.1 Å². The molecule has 1 aliphatic rings. The second kappa shape index (κ2) is 8.50. The van der Waals surface area contributed by atoms with Gasteiger partial charge in [0.15, 0.2) is 5.15 Å². The van der Waals surface area contributed by atoms with Crippen LogP contribution < -0.4 is 5.32 Å². The lowest BCUT2D eigenvalue weighted by Crippen LogP contribution is -2.27. The van der Waals surface area contributed by atoms with E-state index in [-0.39, 0.29) is 22.2 Å². The monoisotopic (exact) mass is 414 g/mol. The summed E-state index contributed by atoms with van der Waals surface area (Å²) < 4.78 is 0. The van der Waals surface area contributed by atoms with Crippen molar-refractivity contribution in [3.05, 3.63) is 46.4 Å². The number of aryl methyl sites for hydroxylation is 1. The molecule has 3 rings (SSSR count). The number of nitrogens with one attached hydrogen (secondary N) is 1. The molecule has 28 heavy (non-hydrogen) atoms. The molecule has 0 fully saturated rings. The molecule has 0 saturated heterocycles. The van der Waals surface area contributed by atoms with Gasteiger partial charge >= 0.3 is 0 Å². The minimum atomic E-state index is -0.212. The van der Waals surface area contributed by atoms with Crippen LogP contribution in [0.3, 0.4) is 0 Å². The highest BCUT2D eigenvalue weighted by atomic mass is 35.5. The van der Waals surface area contributed by atoms with Gasteiger partial charge in [-0.15, -0.1) is 0 Å². The largest absolute Gasteiger partial charge is 0.323 e. The van der Waals surface area contributed by atoms with Gasteiger partial charge in [-0.05, 0) is 54.4 Å². The van der Waals surface area contributed by atoms with Crippen molar-refractivity contribution in [3.63, 3.8) is 0 Å². The Kier molecular flexibility index (Phi) is 6.26. The number of fused-ring (bicyclic) bond motifs is 1. The molecule has 1 unspecified atom stereocenters. The van der Waals surface area contributed by atoms with Gasteiger partial charge in [0.1, 0.15) is 11.1 Å². The molecule has 0 radical (unpaired) electrons. The van der Waals surface area contributed by atoms with E-state index in [9.17, 15) is 10.1 Å². The fourth-order valence-electron chi connectivity index (χ4n) is 3.37. The molecule has 1 atom stereocenters. The number of hydrogen-bond donors (Lipinski definition) is 1. The predicted molar refractivity (Wildman–Crippen MR) is 113 cm³/mol. The number of hydrogen-bond acceptors (Lipinski definition) is 5. The lowest BCUT2D eigenvalue weighted by molar-refractivity contribution is -0.113. The molecule has 5 nitrogen and oxygen atoms in total. The van der Waals surface area contributed by atoms with Crippen molar-refractivity contribution in [2.75, 3.05) is 11.1 Å². The summed E-state index contributed by atoms with van der Waals surface area (Å²) in [4.78, 5) is 20.9. The third kappa shape index (κ3) is 4.84. The van der Waals surface area contributed by atoms with Crippen LogP contribution in [0.15, 0.2) is 29.4 Å². The van der Waals surface area contributed by atoms with Gasteiger partial charge in [-0.1, -0.05) is 44.1 Å². The number of rotatable bonds is 4. The summed E-state index contributed by atoms with van der Waals surface area (Å²) in [5.41, 5.74) is 3.47. The van der Waals surface area contributed by atoms with Gasteiger partial charge < -0.3 is 5.32 Å². The third-order valence-corrected chi connectivity index (χ3v) is 6.36. The van der Waals surface area contributed by atoms with Crippen molar-refractivity contribution in [2.24, 2.45) is 11.3 Å². The zero-order chi connectivity index (χ0) is 20.3. The van der Waals surface area contributed by atoms with Gasteiger partial charge in [0.05, 0.1) is 17.0 Å². The molecular formula is C21H23ClN4OS. The Morgan fingerprint density at radius 1 is 1.46 bits per heavy atom. The van der Waals surface area contributed by atoms with Crippen LogP contribution >= 0.6 is 23.4 Å². The number of aromatic nitrogens is 2. The van der Waals surface area contributed by atoms with E-state index in [1.807, 2.05) is 6.07 Å². The number of halogens is 1. The number of carbonyl (C=O) groups excluding carboxylic acids is 1. The fraction of sp³-hybridized carbons (Fsp3) is 0.429. The van der Waals surface area contributed by atoms with Crippen LogP contribution in [-0.2, 0) is 17.6 Å². The second-order valence-corrected chi connectivity index (χ2v) is 9.37. The molecule has 7 heteroatoms. The minimum Gasteiger partial charge on any atom is -0.323 e. The highest BCUT2D eigenvalue weighted by Crippen LogP contribution is 2.38. The van der Waals surface area contributed by atoms with E-state index < -0.39 is 0 Å². The number of nitriles is 1. The average molecular weight is 415 g/mol. The molecule has 1 aliphatic carbocycles. The summed E-state index contributed by atoms with van der Waals surface area (Å²) in [5.74, 6) is 0.522. The smallest absolute Gasteiger partial charge is 0.234 e. The number of carbonyl (C=O) groups is 1. The van der Waals surface area contributed by atoms with E-state index in [0.29, 0.717) is 22.2 Å². The minimum absolute atomic E-state index is 0.149. The van der Waals surface area contributed by atoms with Crippen LogP contribution in [0.2, 0.25) is 5.15 Å². The van der Waals surface area contributed by atoms with Gasteiger partial charge in [-0.3, -0.25) is 4.79 Å². The second-order valence-electron chi connectivity index (χ2n) is 8.04. The van der Waals surface area contributed by atoms with Crippen LogP contribution in [0.1, 0.15) is 44.0 Å². The summed E-state index contributed by atoms with van der Waals surface area (Å²) in [6.07, 6.45) is 4.52. The fourth-order valence-corrected chi connectivity index (χ4v) is 4.32. The Morgan fingerprint density at radius 2 is 2.25 bits per heavy atom. The van der Waals surface area contributed by atoms with E-state index in [1.165, 1.54) is 17.3 Å². The summed E-state index contributed by atoms with van der Waals surface area (Å²) >= 11 is 7.24. The lowest BCUT2D eigenvalue weighted by atomic mass is 9.71. The van der Waals surface area contributed by atoms with Gasteiger partial charge in [0, 0.05) is 11.9 Å². The Morgan fingerprint density at radius 3 is 2.93 bits per heavy atom. The molecular weight excluding hydrogens is 392 g/mol. The van der Waals surface area contributed by atoms with E-state index in [0.717, 1.165) is 25.0 Å². The maximum Gasteiger partial charge on any atom is 0.234 e. The molecule has 1 amide bonds. The van der Waals surface area contributed by atoms with Crippen LogP contribution in [0.4, 0.5) is 5.69 Å². The SMILES string of the molecule is CC(C)(C)C1CCc2nc(SCC(=O)Nc3cccnc3Cl)c(C#N)cc2C1. The highest BCUT2D eigenvalue weighted by molar-refractivity contribution is 8.00. The van der Waals surface area contributed by atoms with Crippen molar-refractivity contribution < 1.29 is 4.79 Å². The van der Waals surface area contributed by atoms with E-state index in [1.54, 1.807) is 18.3 Å². The first-order valence-electron chi connectivity index (χ1n) is 9.24. The Bertz CT molecular complexity index is 933. The van der Waals surface area contributed by atoms with Gasteiger partial charge in [0.25, 0.3) is 0 Å². The molecule has 146 valence electrons. The van der Waals surface area contributed by atoms with Crippen LogP contribution in [0.25, 0.3) is 0 Å². The molecule has 0 bridgehead atoms. The average Bonchev–Trinajstić information content (AvgIpc) is 2.66. The third-order valence-electron chi connectivity index (χ3n) is 5.07. The Balaban J connectivity index is 1.70. The van der Waals surface area contributed by atoms with Crippen LogP contribution in [-0.4, -0.2) is 21.6 Å². The van der Waals surface area contributed by atoms with Crippen molar-refractivity contribution in [3.8, 4) is 6.07 Å². The normalized spacial score (nSPS) is 16.2. The molecule has 1 N–H and O–H groups in total. The van der Waals surface area contributed by atoms with E-state index in [4.69, 9.17) is 16.6 Å². The van der Waals surface area contributed by atoms with Crippen molar-refractivity contribution in [1.82, 2.24) is 9.97 Å². The Labute approximate surface area is 174 Å². The first-order valence-corrected chi connectivity index (χ1v) is 10.6. The number of pyridine rings is 2. The zero-order valence-corrected chi connectivity index (χ0v) is 17.8. The molecule has 0 spiro atoms. The van der Waals surface area contributed by atoms with Crippen molar-refractivity contribution >= 4 is 35.0 Å². The zero-order valence-electron chi connectivity index (χ0n) is 16.3. The standard InChI is InChI=1S/C21H23ClN4OS/c1-21(2,3)15-6-7-16-13(10-15)9-14(11-23)20(26-16)28-12-18(27)25-17-5-4-8-24-19(17)22/h4-5,8-9,15H,6-7,10,12H2,1-3H3,(H,25,27). The van der Waals surface area contributed by atoms with Gasteiger partial charge in [-0.2, -0.15) is 5.26 Å². The number of thioether (sulfide) groups is 1. The molecule has 0 aromatic carbocycles. The highest BCUT2D eigenvalue weighted by Gasteiger charge is 2.30. The summed E-state index contributed by atoms with van der Waals surface area (Å²) in [7, 11) is 0. The van der Waals surface area contributed by atoms with Crippen LogP contribution in [0.5, 0.6) is 0 Å². The maximum atomic E-state index is 12.3. The van der Waals surface area contributed by atoms with Crippen LogP contribution in [0, 0.1) is 22.7 Å². The Hall–Kier alpha value is -2.10. The number of amides is 1. The quantitative estimate of drug-likeness (QED) is 0.569. The molecule has 2 aromatic heterocycles. The lowest BCUT2D eigenvalue weighted by Gasteiger charge is -2.34. The summed E-state index contributed by atoms with van der Waals surface area (Å²) in [6, 6.07) is 7.59. The van der Waals surface area contributed by atoms with Crippen molar-refractivity contribution in [1.29, 1.82) is 5.26 Å². The first kappa shape index (κ1) is 20.6. The maximum absolute atomic E-state index is 12.3. The molecule has 0 saturated carbocycles. The summed E-state index contributed by atoms with van der Waals surface area (Å²) in [5, 5.41) is 13.2. The van der Waals surface area contributed by atoms with E-state index >= 15 is 0 Å². The predicted octanol–water partition coefficient (Wildman–Crippen LogP) is 4.88. The van der Waals surface area contributed by atoms with Gasteiger partial charge in [0.2, 0.25) is 5.91 Å². The first-order chi connectivity index (χ1) is 13.3. The van der Waals surface area contributed by atoms with Crippen molar-refractivity contribution in [2.45, 2.75) is 45.1 Å². The number of anilines is 1. The topological polar surface area (TPSA) is 78.7 Å². The molecule has 2 aromatic rings. The summed E-state index contributed by atoms with van der Waals surface area (Å²) in [6.45, 7) is 6.79. The molecule has 2 heterocycles.